The van der Waals surface area contributed by atoms with Crippen molar-refractivity contribution in [2.45, 2.75) is 25.9 Å². The van der Waals surface area contributed by atoms with Gasteiger partial charge in [-0.05, 0) is 37.3 Å². The number of para-hydroxylation sites is 1. The molecule has 2 rings (SSSR count). The molecule has 0 bridgehead atoms. The largest absolute Gasteiger partial charge is 0.462 e. The molecule has 1 aliphatic rings. The van der Waals surface area contributed by atoms with E-state index in [1.807, 2.05) is 0 Å². The average Bonchev–Trinajstić information content (AvgIpc) is 2.46. The predicted octanol–water partition coefficient (Wildman–Crippen LogP) is 3.80. The highest BCUT2D eigenvalue weighted by atomic mass is 19.3. The van der Waals surface area contributed by atoms with E-state index in [1.165, 1.54) is 18.2 Å². The van der Waals surface area contributed by atoms with E-state index in [-0.39, 0.29) is 11.3 Å². The normalized spacial score (nSPS) is 18.1. The molecule has 0 spiro atoms. The molecule has 0 N–H and O–H groups in total. The van der Waals surface area contributed by atoms with E-state index < -0.39 is 12.6 Å². The third-order valence-corrected chi connectivity index (χ3v) is 3.15. The second-order valence-electron chi connectivity index (χ2n) is 4.62. The van der Waals surface area contributed by atoms with Gasteiger partial charge in [-0.2, -0.15) is 8.78 Å². The first-order valence-corrected chi connectivity index (χ1v) is 6.53. The van der Waals surface area contributed by atoms with Gasteiger partial charge >= 0.3 is 12.6 Å². The average molecular weight is 282 g/mol. The Bertz CT molecular complexity index is 486. The Morgan fingerprint density at radius 1 is 1.30 bits per heavy atom. The number of rotatable bonds is 5. The van der Waals surface area contributed by atoms with Crippen molar-refractivity contribution in [1.82, 2.24) is 0 Å². The number of alkyl halides is 2. The minimum Gasteiger partial charge on any atom is -0.462 e. The van der Waals surface area contributed by atoms with Crippen molar-refractivity contribution in [2.24, 2.45) is 5.92 Å². The molecule has 1 unspecified atom stereocenters. The Kier molecular flexibility index (Phi) is 5.09. The molecule has 0 amide bonds. The summed E-state index contributed by atoms with van der Waals surface area (Å²) in [5.74, 6) is -0.487. The minimum atomic E-state index is -2.97. The van der Waals surface area contributed by atoms with E-state index in [2.05, 4.69) is 16.9 Å². The molecule has 5 heteroatoms. The Hall–Kier alpha value is -1.91. The maximum atomic E-state index is 12.3. The van der Waals surface area contributed by atoms with Gasteiger partial charge in [-0.3, -0.25) is 0 Å². The highest BCUT2D eigenvalue weighted by molar-refractivity contribution is 5.92. The van der Waals surface area contributed by atoms with Crippen LogP contribution in [0.4, 0.5) is 8.78 Å². The van der Waals surface area contributed by atoms with Crippen molar-refractivity contribution in [3.05, 3.63) is 42.0 Å². The number of carbonyl (C=O) groups excluding carboxylic acids is 1. The lowest BCUT2D eigenvalue weighted by atomic mass is 9.95. The fourth-order valence-corrected chi connectivity index (χ4v) is 2.11. The summed E-state index contributed by atoms with van der Waals surface area (Å²) < 4.78 is 34.0. The SMILES string of the molecule is O=C(OCC1CC=CCC1)c1ccccc1OC(F)F. The number of benzene rings is 1. The van der Waals surface area contributed by atoms with Crippen molar-refractivity contribution in [2.75, 3.05) is 6.61 Å². The number of esters is 1. The Morgan fingerprint density at radius 3 is 2.80 bits per heavy atom. The van der Waals surface area contributed by atoms with Gasteiger partial charge in [0.05, 0.1) is 6.61 Å². The number of carbonyl (C=O) groups is 1. The number of halogens is 2. The zero-order valence-corrected chi connectivity index (χ0v) is 10.9. The molecule has 1 atom stereocenters. The van der Waals surface area contributed by atoms with E-state index >= 15 is 0 Å². The zero-order chi connectivity index (χ0) is 14.4. The van der Waals surface area contributed by atoms with Gasteiger partial charge in [0.25, 0.3) is 0 Å². The summed E-state index contributed by atoms with van der Waals surface area (Å²) in [5, 5.41) is 0. The molecule has 0 saturated carbocycles. The van der Waals surface area contributed by atoms with Crippen LogP contribution in [0.3, 0.4) is 0 Å². The molecule has 0 radical (unpaired) electrons. The van der Waals surface area contributed by atoms with Crippen molar-refractivity contribution < 1.29 is 23.0 Å². The van der Waals surface area contributed by atoms with Gasteiger partial charge in [0.1, 0.15) is 11.3 Å². The Balaban J connectivity index is 1.96. The van der Waals surface area contributed by atoms with Crippen molar-refractivity contribution in [1.29, 1.82) is 0 Å². The Morgan fingerprint density at radius 2 is 2.10 bits per heavy atom. The van der Waals surface area contributed by atoms with E-state index in [9.17, 15) is 13.6 Å². The van der Waals surface area contributed by atoms with Crippen LogP contribution in [0.2, 0.25) is 0 Å². The smallest absolute Gasteiger partial charge is 0.387 e. The van der Waals surface area contributed by atoms with Crippen LogP contribution >= 0.6 is 0 Å². The summed E-state index contributed by atoms with van der Waals surface area (Å²) in [6.45, 7) is -2.67. The molecule has 0 aliphatic heterocycles. The summed E-state index contributed by atoms with van der Waals surface area (Å²) >= 11 is 0. The molecule has 1 aromatic carbocycles. The van der Waals surface area contributed by atoms with Crippen molar-refractivity contribution >= 4 is 5.97 Å². The molecule has 108 valence electrons. The standard InChI is InChI=1S/C15H16F2O3/c16-15(17)20-13-9-5-4-8-12(13)14(18)19-10-11-6-2-1-3-7-11/h1-2,4-5,8-9,11,15H,3,6-7,10H2. The summed E-state index contributed by atoms with van der Waals surface area (Å²) in [4.78, 5) is 11.9. The highest BCUT2D eigenvalue weighted by Crippen LogP contribution is 2.23. The molecule has 1 aliphatic carbocycles. The topological polar surface area (TPSA) is 35.5 Å². The van der Waals surface area contributed by atoms with Crippen molar-refractivity contribution in [3.63, 3.8) is 0 Å². The monoisotopic (exact) mass is 282 g/mol. The van der Waals surface area contributed by atoms with E-state index in [0.29, 0.717) is 12.5 Å². The summed E-state index contributed by atoms with van der Waals surface area (Å²) in [6.07, 6.45) is 6.99. The number of allylic oxidation sites excluding steroid dienone is 2. The molecular weight excluding hydrogens is 266 g/mol. The van der Waals surface area contributed by atoms with Crippen LogP contribution in [0, 0.1) is 5.92 Å². The highest BCUT2D eigenvalue weighted by Gasteiger charge is 2.18. The summed E-state index contributed by atoms with van der Waals surface area (Å²) in [5.41, 5.74) is 0.0270. The second-order valence-corrected chi connectivity index (χ2v) is 4.62. The first-order chi connectivity index (χ1) is 9.66. The van der Waals surface area contributed by atoms with Crippen LogP contribution in [0.5, 0.6) is 5.75 Å². The van der Waals surface area contributed by atoms with Crippen LogP contribution in [0.25, 0.3) is 0 Å². The number of hydrogen-bond acceptors (Lipinski definition) is 3. The molecule has 0 saturated heterocycles. The number of hydrogen-bond donors (Lipinski definition) is 0. The lowest BCUT2D eigenvalue weighted by Crippen LogP contribution is -2.16. The number of ether oxygens (including phenoxy) is 2. The third-order valence-electron chi connectivity index (χ3n) is 3.15. The molecule has 3 nitrogen and oxygen atoms in total. The van der Waals surface area contributed by atoms with E-state index in [1.54, 1.807) is 6.07 Å². The van der Waals surface area contributed by atoms with Gasteiger partial charge in [0.15, 0.2) is 0 Å². The van der Waals surface area contributed by atoms with Gasteiger partial charge in [0, 0.05) is 0 Å². The molecule has 0 heterocycles. The lowest BCUT2D eigenvalue weighted by Gasteiger charge is -2.18. The predicted molar refractivity (Wildman–Crippen MR) is 69.8 cm³/mol. The molecular formula is C15H16F2O3. The molecule has 20 heavy (non-hydrogen) atoms. The fourth-order valence-electron chi connectivity index (χ4n) is 2.11. The quantitative estimate of drug-likeness (QED) is 0.608. The van der Waals surface area contributed by atoms with Crippen LogP contribution in [-0.2, 0) is 4.74 Å². The van der Waals surface area contributed by atoms with Crippen LogP contribution < -0.4 is 4.74 Å². The first kappa shape index (κ1) is 14.5. The van der Waals surface area contributed by atoms with E-state index in [4.69, 9.17) is 4.74 Å². The van der Waals surface area contributed by atoms with Crippen LogP contribution in [0.15, 0.2) is 36.4 Å². The second kappa shape index (κ2) is 7.03. The Labute approximate surface area is 116 Å². The minimum absolute atomic E-state index is 0.0270. The van der Waals surface area contributed by atoms with E-state index in [0.717, 1.165) is 19.3 Å². The molecule has 0 fully saturated rings. The lowest BCUT2D eigenvalue weighted by molar-refractivity contribution is -0.0505. The van der Waals surface area contributed by atoms with Gasteiger partial charge in [-0.1, -0.05) is 24.3 Å². The summed E-state index contributed by atoms with van der Waals surface area (Å²) in [6, 6.07) is 5.85. The van der Waals surface area contributed by atoms with Gasteiger partial charge < -0.3 is 9.47 Å². The fraction of sp³-hybridized carbons (Fsp3) is 0.400. The summed E-state index contributed by atoms with van der Waals surface area (Å²) in [7, 11) is 0. The van der Waals surface area contributed by atoms with Gasteiger partial charge in [-0.15, -0.1) is 0 Å². The first-order valence-electron chi connectivity index (χ1n) is 6.53. The van der Waals surface area contributed by atoms with Gasteiger partial charge in [0.2, 0.25) is 0 Å². The maximum absolute atomic E-state index is 12.3. The molecule has 1 aromatic rings. The maximum Gasteiger partial charge on any atom is 0.387 e. The molecule has 0 aromatic heterocycles. The van der Waals surface area contributed by atoms with Gasteiger partial charge in [-0.25, -0.2) is 4.79 Å². The zero-order valence-electron chi connectivity index (χ0n) is 10.9. The van der Waals surface area contributed by atoms with Crippen LogP contribution in [-0.4, -0.2) is 19.2 Å². The van der Waals surface area contributed by atoms with Crippen molar-refractivity contribution in [3.8, 4) is 5.75 Å². The van der Waals surface area contributed by atoms with Crippen LogP contribution in [0.1, 0.15) is 29.6 Å². The third kappa shape index (κ3) is 4.05.